The summed E-state index contributed by atoms with van der Waals surface area (Å²) >= 11 is 0. The summed E-state index contributed by atoms with van der Waals surface area (Å²) in [5.41, 5.74) is 0.285. The third kappa shape index (κ3) is 4.61. The summed E-state index contributed by atoms with van der Waals surface area (Å²) in [5.74, 6) is -0.683. The van der Waals surface area contributed by atoms with Gasteiger partial charge in [-0.3, -0.25) is 14.4 Å². The van der Waals surface area contributed by atoms with Crippen LogP contribution in [0.1, 0.15) is 32.6 Å². The molecule has 120 valence electrons. The zero-order valence-electron chi connectivity index (χ0n) is 12.6. The van der Waals surface area contributed by atoms with Crippen LogP contribution in [0.5, 0.6) is 0 Å². The lowest BCUT2D eigenvalue weighted by molar-refractivity contribution is -0.323. The van der Waals surface area contributed by atoms with Crippen LogP contribution in [0, 0.1) is 5.92 Å². The van der Waals surface area contributed by atoms with Gasteiger partial charge in [0.2, 0.25) is 0 Å². The number of carbonyl (C=O) groups excluding carboxylic acids is 3. The second-order valence-corrected chi connectivity index (χ2v) is 5.35. The number of hydrogen-bond donors (Lipinski definition) is 0. The molecule has 0 spiro atoms. The monoisotopic (exact) mass is 308 g/mol. The minimum Gasteiger partial charge on any atom is -0.466 e. The van der Waals surface area contributed by atoms with E-state index >= 15 is 0 Å². The number of hydrogen-bond acceptors (Lipinski definition) is 6. The molecule has 1 saturated carbocycles. The molecule has 22 heavy (non-hydrogen) atoms. The van der Waals surface area contributed by atoms with Crippen LogP contribution in [0.25, 0.3) is 0 Å². The second-order valence-electron chi connectivity index (χ2n) is 5.35. The van der Waals surface area contributed by atoms with E-state index in [1.807, 2.05) is 0 Å². The fraction of sp³-hybridized carbons (Fsp3) is 0.562. The molecule has 0 unspecified atom stereocenters. The SMILES string of the molecule is CCOC(=O)C1CCC(OOCC2=CC(=O)C=CC2=O)CC1. The Bertz CT molecular complexity index is 497. The van der Waals surface area contributed by atoms with Crippen molar-refractivity contribution in [2.45, 2.75) is 38.7 Å². The molecule has 6 heteroatoms. The molecule has 0 aromatic heterocycles. The number of carbonyl (C=O) groups is 3. The molecule has 0 bridgehead atoms. The van der Waals surface area contributed by atoms with Crippen molar-refractivity contribution in [1.29, 1.82) is 0 Å². The molecular formula is C16H20O6. The number of ketones is 2. The third-order valence-corrected chi connectivity index (χ3v) is 3.74. The van der Waals surface area contributed by atoms with Crippen molar-refractivity contribution in [2.24, 2.45) is 5.92 Å². The Balaban J connectivity index is 1.68. The molecule has 2 aliphatic carbocycles. The number of esters is 1. The maximum absolute atomic E-state index is 11.6. The van der Waals surface area contributed by atoms with Crippen LogP contribution in [-0.4, -0.2) is 36.9 Å². The predicted octanol–water partition coefficient (Wildman–Crippen LogP) is 1.69. The first-order chi connectivity index (χ1) is 10.6. The average molecular weight is 308 g/mol. The van der Waals surface area contributed by atoms with Gasteiger partial charge in [0.1, 0.15) is 6.61 Å². The maximum Gasteiger partial charge on any atom is 0.308 e. The van der Waals surface area contributed by atoms with Crippen LogP contribution in [0.2, 0.25) is 0 Å². The van der Waals surface area contributed by atoms with Gasteiger partial charge in [-0.05, 0) is 50.8 Å². The Morgan fingerprint density at radius 1 is 1.18 bits per heavy atom. The summed E-state index contributed by atoms with van der Waals surface area (Å²) in [6, 6.07) is 0. The van der Waals surface area contributed by atoms with Gasteiger partial charge in [0.15, 0.2) is 11.6 Å². The van der Waals surface area contributed by atoms with Crippen molar-refractivity contribution in [3.63, 3.8) is 0 Å². The van der Waals surface area contributed by atoms with E-state index in [1.165, 1.54) is 18.2 Å². The predicted molar refractivity (Wildman–Crippen MR) is 76.7 cm³/mol. The minimum absolute atomic E-state index is 0.0489. The number of ether oxygens (including phenoxy) is 1. The number of allylic oxidation sites excluding steroid dienone is 3. The summed E-state index contributed by atoms with van der Waals surface area (Å²) < 4.78 is 5.00. The van der Waals surface area contributed by atoms with Crippen LogP contribution in [0.3, 0.4) is 0 Å². The Labute approximate surface area is 129 Å². The van der Waals surface area contributed by atoms with Gasteiger partial charge in [0, 0.05) is 5.57 Å². The topological polar surface area (TPSA) is 78.9 Å². The summed E-state index contributed by atoms with van der Waals surface area (Å²) in [6.07, 6.45) is 6.42. The van der Waals surface area contributed by atoms with Crippen molar-refractivity contribution < 1.29 is 28.9 Å². The zero-order chi connectivity index (χ0) is 15.9. The highest BCUT2D eigenvalue weighted by atomic mass is 17.2. The van der Waals surface area contributed by atoms with Crippen LogP contribution in [0.15, 0.2) is 23.8 Å². The van der Waals surface area contributed by atoms with Crippen molar-refractivity contribution in [3.05, 3.63) is 23.8 Å². The summed E-state index contributed by atoms with van der Waals surface area (Å²) in [7, 11) is 0. The van der Waals surface area contributed by atoms with Crippen LogP contribution in [0.4, 0.5) is 0 Å². The number of rotatable bonds is 6. The van der Waals surface area contributed by atoms with Gasteiger partial charge in [0.25, 0.3) is 0 Å². The van der Waals surface area contributed by atoms with E-state index in [0.717, 1.165) is 0 Å². The van der Waals surface area contributed by atoms with E-state index in [2.05, 4.69) is 0 Å². The highest BCUT2D eigenvalue weighted by Gasteiger charge is 2.28. The molecule has 0 saturated heterocycles. The van der Waals surface area contributed by atoms with Gasteiger partial charge >= 0.3 is 5.97 Å². The Kier molecular flexibility index (Phi) is 6.03. The van der Waals surface area contributed by atoms with E-state index in [1.54, 1.807) is 6.92 Å². The quantitative estimate of drug-likeness (QED) is 0.321. The van der Waals surface area contributed by atoms with Gasteiger partial charge in [-0.1, -0.05) is 0 Å². The molecule has 0 aliphatic heterocycles. The molecule has 1 fully saturated rings. The van der Waals surface area contributed by atoms with E-state index in [-0.39, 0.29) is 41.7 Å². The fourth-order valence-corrected chi connectivity index (χ4v) is 2.52. The van der Waals surface area contributed by atoms with Gasteiger partial charge in [-0.25, -0.2) is 9.78 Å². The lowest BCUT2D eigenvalue weighted by Crippen LogP contribution is -2.28. The smallest absolute Gasteiger partial charge is 0.308 e. The first kappa shape index (κ1) is 16.6. The molecule has 0 N–H and O–H groups in total. The van der Waals surface area contributed by atoms with Crippen molar-refractivity contribution in [1.82, 2.24) is 0 Å². The van der Waals surface area contributed by atoms with E-state index in [9.17, 15) is 14.4 Å². The van der Waals surface area contributed by atoms with Gasteiger partial charge in [-0.15, -0.1) is 0 Å². The molecule has 0 aromatic carbocycles. The fourth-order valence-electron chi connectivity index (χ4n) is 2.52. The molecule has 0 amide bonds. The zero-order valence-corrected chi connectivity index (χ0v) is 12.6. The minimum atomic E-state index is -0.241. The van der Waals surface area contributed by atoms with E-state index in [0.29, 0.717) is 32.3 Å². The Hall–Kier alpha value is -1.79. The molecule has 2 rings (SSSR count). The average Bonchev–Trinajstić information content (AvgIpc) is 2.51. The highest BCUT2D eigenvalue weighted by molar-refractivity contribution is 6.17. The Morgan fingerprint density at radius 3 is 2.59 bits per heavy atom. The van der Waals surface area contributed by atoms with Crippen LogP contribution in [-0.2, 0) is 28.9 Å². The van der Waals surface area contributed by atoms with Crippen molar-refractivity contribution >= 4 is 17.5 Å². The molecule has 0 radical (unpaired) electrons. The lowest BCUT2D eigenvalue weighted by atomic mass is 9.87. The first-order valence-corrected chi connectivity index (χ1v) is 7.52. The van der Waals surface area contributed by atoms with Crippen LogP contribution < -0.4 is 0 Å². The van der Waals surface area contributed by atoms with E-state index in [4.69, 9.17) is 14.5 Å². The standard InChI is InChI=1S/C16H20O6/c1-2-20-16(19)11-3-6-14(7-4-11)22-21-10-12-9-13(17)5-8-15(12)18/h5,8-9,11,14H,2-4,6-7,10H2,1H3. The summed E-state index contributed by atoms with van der Waals surface area (Å²) in [6.45, 7) is 2.14. The van der Waals surface area contributed by atoms with E-state index < -0.39 is 0 Å². The molecule has 0 atom stereocenters. The molecule has 2 aliphatic rings. The largest absolute Gasteiger partial charge is 0.466 e. The van der Waals surface area contributed by atoms with Gasteiger partial charge in [0.05, 0.1) is 18.6 Å². The van der Waals surface area contributed by atoms with Gasteiger partial charge < -0.3 is 4.74 Å². The van der Waals surface area contributed by atoms with Crippen molar-refractivity contribution in [2.75, 3.05) is 13.2 Å². The Morgan fingerprint density at radius 2 is 1.91 bits per heavy atom. The van der Waals surface area contributed by atoms with Gasteiger partial charge in [-0.2, -0.15) is 0 Å². The van der Waals surface area contributed by atoms with Crippen molar-refractivity contribution in [3.8, 4) is 0 Å². The summed E-state index contributed by atoms with van der Waals surface area (Å²) in [5, 5.41) is 0. The maximum atomic E-state index is 11.6. The van der Waals surface area contributed by atoms with Crippen LogP contribution >= 0.6 is 0 Å². The normalized spacial score (nSPS) is 25.0. The molecule has 6 nitrogen and oxygen atoms in total. The molecule has 0 aromatic rings. The second kappa shape index (κ2) is 8.00. The third-order valence-electron chi connectivity index (χ3n) is 3.74. The molecule has 0 heterocycles. The first-order valence-electron chi connectivity index (χ1n) is 7.52. The summed E-state index contributed by atoms with van der Waals surface area (Å²) in [4.78, 5) is 44.7. The molecular weight excluding hydrogens is 288 g/mol. The highest BCUT2D eigenvalue weighted by Crippen LogP contribution is 2.27. The lowest BCUT2D eigenvalue weighted by Gasteiger charge is -2.26.